The highest BCUT2D eigenvalue weighted by Gasteiger charge is 2.49. The number of fused-ring (bicyclic) bond motifs is 2. The third-order valence-corrected chi connectivity index (χ3v) is 4.78. The third kappa shape index (κ3) is 3.74. The summed E-state index contributed by atoms with van der Waals surface area (Å²) in [6, 6.07) is 5.24. The smallest absolute Gasteiger partial charge is 0.378 e. The molecule has 2 bridgehead atoms. The molecule has 3 amide bonds. The summed E-state index contributed by atoms with van der Waals surface area (Å²) >= 11 is 0. The van der Waals surface area contributed by atoms with Gasteiger partial charge in [0, 0.05) is 32.0 Å². The van der Waals surface area contributed by atoms with Crippen molar-refractivity contribution in [1.29, 1.82) is 0 Å². The molecule has 2 N–H and O–H groups in total. The number of carbonyl (C=O) groups excluding carboxylic acids is 2. The predicted octanol–water partition coefficient (Wildman–Crippen LogP) is 0.694. The van der Waals surface area contributed by atoms with Crippen LogP contribution >= 0.6 is 0 Å². The van der Waals surface area contributed by atoms with Crippen molar-refractivity contribution in [2.24, 2.45) is 0 Å². The van der Waals surface area contributed by atoms with Gasteiger partial charge in [0.25, 0.3) is 0 Å². The fourth-order valence-electron chi connectivity index (χ4n) is 3.19. The van der Waals surface area contributed by atoms with E-state index in [1.807, 2.05) is 37.2 Å². The van der Waals surface area contributed by atoms with Crippen LogP contribution in [0.25, 0.3) is 0 Å². The molecule has 0 unspecified atom stereocenters. The molecule has 2 aliphatic heterocycles. The zero-order valence-corrected chi connectivity index (χ0v) is 15.1. The van der Waals surface area contributed by atoms with Crippen molar-refractivity contribution in [3.05, 3.63) is 24.3 Å². The normalized spacial score (nSPS) is 22.5. The number of nitrogens with one attached hydrogen (secondary N) is 1. The number of hydrogen-bond donors (Lipinski definition) is 2. The van der Waals surface area contributed by atoms with Crippen LogP contribution in [0.15, 0.2) is 24.3 Å². The second kappa shape index (κ2) is 6.74. The second-order valence-corrected chi connectivity index (χ2v) is 7.45. The van der Waals surface area contributed by atoms with Crippen LogP contribution < -0.4 is 10.2 Å². The van der Waals surface area contributed by atoms with Gasteiger partial charge in [-0.05, 0) is 31.0 Å². The first-order chi connectivity index (χ1) is 12.2. The van der Waals surface area contributed by atoms with Gasteiger partial charge in [-0.15, -0.1) is 4.28 Å². The van der Waals surface area contributed by atoms with E-state index in [1.165, 1.54) is 4.90 Å². The minimum atomic E-state index is -4.81. The van der Waals surface area contributed by atoms with E-state index in [4.69, 9.17) is 4.55 Å². The number of hydrogen-bond acceptors (Lipinski definition) is 6. The number of rotatable bonds is 5. The topological polar surface area (TPSA) is 119 Å². The molecule has 2 saturated heterocycles. The molecule has 2 aliphatic rings. The van der Waals surface area contributed by atoms with Gasteiger partial charge in [0.15, 0.2) is 0 Å². The van der Waals surface area contributed by atoms with E-state index < -0.39 is 28.5 Å². The molecular weight excluding hydrogens is 364 g/mol. The summed E-state index contributed by atoms with van der Waals surface area (Å²) in [4.78, 5) is 28.1. The van der Waals surface area contributed by atoms with Crippen LogP contribution in [0, 0.1) is 0 Å². The van der Waals surface area contributed by atoms with Gasteiger partial charge >= 0.3 is 16.4 Å². The molecule has 2 heterocycles. The van der Waals surface area contributed by atoms with Crippen molar-refractivity contribution in [3.63, 3.8) is 0 Å². The summed E-state index contributed by atoms with van der Waals surface area (Å²) in [7, 11) is -1.04. The lowest BCUT2D eigenvalue weighted by atomic mass is 10.0. The Bertz CT molecular complexity index is 827. The fraction of sp³-hybridized carbons (Fsp3) is 0.467. The molecule has 0 aliphatic carbocycles. The van der Waals surface area contributed by atoms with Crippen LogP contribution in [-0.4, -0.2) is 67.6 Å². The average molecular weight is 384 g/mol. The highest BCUT2D eigenvalue weighted by atomic mass is 32.3. The van der Waals surface area contributed by atoms with Gasteiger partial charge in [-0.1, -0.05) is 6.07 Å². The number of anilines is 2. The molecule has 3 rings (SSSR count). The number of nitrogens with zero attached hydrogens (tertiary/aromatic N) is 3. The molecule has 142 valence electrons. The lowest BCUT2D eigenvalue weighted by Crippen LogP contribution is -2.47. The number of amides is 3. The number of carbonyl (C=O) groups is 2. The molecule has 1 aromatic carbocycles. The van der Waals surface area contributed by atoms with Crippen LogP contribution in [-0.2, 0) is 19.5 Å². The fourth-order valence-corrected chi connectivity index (χ4v) is 3.58. The summed E-state index contributed by atoms with van der Waals surface area (Å²) in [5.41, 5.74) is 1.51. The van der Waals surface area contributed by atoms with Crippen LogP contribution in [0.1, 0.15) is 12.8 Å². The first-order valence-corrected chi connectivity index (χ1v) is 9.37. The number of urea groups is 1. The number of hydroxylamine groups is 2. The van der Waals surface area contributed by atoms with Crippen LogP contribution in [0.4, 0.5) is 16.2 Å². The van der Waals surface area contributed by atoms with Crippen LogP contribution in [0.3, 0.4) is 0 Å². The van der Waals surface area contributed by atoms with E-state index in [0.29, 0.717) is 23.6 Å². The van der Waals surface area contributed by atoms with E-state index in [-0.39, 0.29) is 12.5 Å². The Morgan fingerprint density at radius 3 is 2.73 bits per heavy atom. The Hall–Kier alpha value is -2.37. The Kier molecular flexibility index (Phi) is 4.78. The quantitative estimate of drug-likeness (QED) is 0.717. The lowest BCUT2D eigenvalue weighted by Gasteiger charge is -2.29. The lowest BCUT2D eigenvalue weighted by molar-refractivity contribution is -0.120. The largest absolute Gasteiger partial charge is 0.418 e. The van der Waals surface area contributed by atoms with E-state index >= 15 is 0 Å². The molecule has 10 nitrogen and oxygen atoms in total. The first-order valence-electron chi connectivity index (χ1n) is 8.01. The van der Waals surface area contributed by atoms with E-state index in [9.17, 15) is 18.0 Å². The maximum absolute atomic E-state index is 12.6. The Morgan fingerprint density at radius 2 is 2.08 bits per heavy atom. The molecule has 2 fully saturated rings. The van der Waals surface area contributed by atoms with Crippen molar-refractivity contribution < 1.29 is 26.8 Å². The highest BCUT2D eigenvalue weighted by molar-refractivity contribution is 7.80. The summed E-state index contributed by atoms with van der Waals surface area (Å²) in [6.45, 7) is 0.157. The maximum atomic E-state index is 12.6. The van der Waals surface area contributed by atoms with E-state index in [0.717, 1.165) is 5.69 Å². The van der Waals surface area contributed by atoms with E-state index in [1.54, 1.807) is 6.07 Å². The summed E-state index contributed by atoms with van der Waals surface area (Å²) in [5, 5.41) is 3.41. The third-order valence-electron chi connectivity index (χ3n) is 4.43. The van der Waals surface area contributed by atoms with Gasteiger partial charge in [-0.2, -0.15) is 13.5 Å². The van der Waals surface area contributed by atoms with Crippen molar-refractivity contribution in [3.8, 4) is 0 Å². The van der Waals surface area contributed by atoms with Gasteiger partial charge in [0.2, 0.25) is 5.91 Å². The zero-order chi connectivity index (χ0) is 19.1. The van der Waals surface area contributed by atoms with Gasteiger partial charge in [0.1, 0.15) is 6.04 Å². The van der Waals surface area contributed by atoms with Crippen LogP contribution in [0.5, 0.6) is 0 Å². The van der Waals surface area contributed by atoms with Gasteiger partial charge in [0.05, 0.1) is 6.04 Å². The van der Waals surface area contributed by atoms with E-state index in [2.05, 4.69) is 9.60 Å². The molecule has 0 radical (unpaired) electrons. The Balaban J connectivity index is 1.72. The van der Waals surface area contributed by atoms with Gasteiger partial charge < -0.3 is 15.1 Å². The minimum absolute atomic E-state index is 0.157. The average Bonchev–Trinajstić information content (AvgIpc) is 2.78. The molecule has 26 heavy (non-hydrogen) atoms. The predicted molar refractivity (Wildman–Crippen MR) is 92.8 cm³/mol. The maximum Gasteiger partial charge on any atom is 0.418 e. The summed E-state index contributed by atoms with van der Waals surface area (Å²) < 4.78 is 35.0. The molecule has 0 saturated carbocycles. The zero-order valence-electron chi connectivity index (χ0n) is 14.3. The molecular formula is C15H20N4O6S. The minimum Gasteiger partial charge on any atom is -0.378 e. The van der Waals surface area contributed by atoms with Gasteiger partial charge in [-0.3, -0.25) is 9.35 Å². The van der Waals surface area contributed by atoms with Crippen molar-refractivity contribution in [1.82, 2.24) is 9.96 Å². The summed E-state index contributed by atoms with van der Waals surface area (Å²) in [5.74, 6) is -0.360. The Labute approximate surface area is 151 Å². The number of benzene rings is 1. The number of piperidine rings is 1. The second-order valence-electron chi connectivity index (χ2n) is 6.44. The molecule has 2 atom stereocenters. The van der Waals surface area contributed by atoms with Crippen molar-refractivity contribution >= 4 is 33.7 Å². The standard InChI is InChI=1S/C15H20N4O6S/c1-17(2)11-5-3-4-10(8-11)16-14(20)13-7-6-12-9-18(13)15(21)19(12)25-26(22,23)24/h3-5,8,12-13H,6-7,9H2,1-2H3,(H,16,20)(H,22,23,24)/t12-,13-/m1/s1. The van der Waals surface area contributed by atoms with Crippen molar-refractivity contribution in [2.45, 2.75) is 24.9 Å². The van der Waals surface area contributed by atoms with Crippen LogP contribution in [0.2, 0.25) is 0 Å². The first kappa shape index (κ1) is 18.4. The highest BCUT2D eigenvalue weighted by Crippen LogP contribution is 2.31. The molecule has 1 aromatic rings. The van der Waals surface area contributed by atoms with Gasteiger partial charge in [-0.25, -0.2) is 4.79 Å². The SMILES string of the molecule is CN(C)c1cccc(NC(=O)[C@H]2CC[C@@H]3CN2C(=O)N3OS(=O)(=O)O)c1. The molecule has 0 spiro atoms. The van der Waals surface area contributed by atoms with Crippen molar-refractivity contribution in [2.75, 3.05) is 30.9 Å². The molecule has 0 aromatic heterocycles. The monoisotopic (exact) mass is 384 g/mol. The Morgan fingerprint density at radius 1 is 1.35 bits per heavy atom. The molecule has 11 heteroatoms. The summed E-state index contributed by atoms with van der Waals surface area (Å²) in [6.07, 6.45) is 0.745.